The Balaban J connectivity index is 2.59. The molecule has 0 nitrogen and oxygen atoms in total. The van der Waals surface area contributed by atoms with Crippen molar-refractivity contribution in [1.82, 2.24) is 0 Å². The highest BCUT2D eigenvalue weighted by atomic mass is 28.4. The average molecular weight is 234 g/mol. The molecule has 1 aliphatic rings. The molecule has 0 N–H and O–H groups in total. The van der Waals surface area contributed by atoms with E-state index in [9.17, 15) is 0 Å². The maximum Gasteiger partial charge on any atom is 0.0578 e. The van der Waals surface area contributed by atoms with Crippen LogP contribution in [0.5, 0.6) is 0 Å². The van der Waals surface area contributed by atoms with Crippen molar-refractivity contribution in [3.05, 3.63) is 35.4 Å². The summed E-state index contributed by atoms with van der Waals surface area (Å²) in [5.41, 5.74) is 3.37. The molecular formula is C13H22Si2. The lowest BCUT2D eigenvalue weighted by molar-refractivity contribution is 1.14. The van der Waals surface area contributed by atoms with Crippen LogP contribution in [0, 0.1) is 0 Å². The smallest absolute Gasteiger partial charge is 0.0578 e. The maximum absolute atomic E-state index is 2.53. The number of hydrogen-bond acceptors (Lipinski definition) is 0. The molecule has 0 bridgehead atoms. The van der Waals surface area contributed by atoms with Crippen molar-refractivity contribution >= 4 is 16.1 Å². The molecule has 2 heteroatoms. The fourth-order valence-electron chi connectivity index (χ4n) is 3.79. The molecule has 1 aromatic carbocycles. The molecule has 1 aliphatic carbocycles. The topological polar surface area (TPSA) is 0 Å². The standard InChI is InChI=1S/C13H22Si2/c1-14(2,3)13(15(4,5)6)11-9-7-8-10-12(11)13/h7-10H,1-6H3. The van der Waals surface area contributed by atoms with E-state index in [0.29, 0.717) is 4.66 Å². The maximum atomic E-state index is 2.53. The zero-order valence-electron chi connectivity index (χ0n) is 10.8. The van der Waals surface area contributed by atoms with Crippen molar-refractivity contribution < 1.29 is 0 Å². The summed E-state index contributed by atoms with van der Waals surface area (Å²) in [6.45, 7) is 15.2. The monoisotopic (exact) mass is 234 g/mol. The highest BCUT2D eigenvalue weighted by Crippen LogP contribution is 2.60. The molecule has 15 heavy (non-hydrogen) atoms. The van der Waals surface area contributed by atoms with Crippen molar-refractivity contribution in [2.45, 2.75) is 43.9 Å². The van der Waals surface area contributed by atoms with E-state index in [1.807, 2.05) is 0 Å². The van der Waals surface area contributed by atoms with Crippen molar-refractivity contribution in [3.63, 3.8) is 0 Å². The third-order valence-corrected chi connectivity index (χ3v) is 14.0. The van der Waals surface area contributed by atoms with E-state index in [0.717, 1.165) is 0 Å². The van der Waals surface area contributed by atoms with Gasteiger partial charge in [0.1, 0.15) is 0 Å². The molecule has 2 rings (SSSR count). The van der Waals surface area contributed by atoms with Gasteiger partial charge in [0, 0.05) is 4.66 Å². The second kappa shape index (κ2) is 2.86. The first-order valence-electron chi connectivity index (χ1n) is 5.83. The van der Waals surface area contributed by atoms with E-state index in [1.165, 1.54) is 0 Å². The molecular weight excluding hydrogens is 212 g/mol. The Hall–Kier alpha value is -0.346. The van der Waals surface area contributed by atoms with Crippen LogP contribution >= 0.6 is 0 Å². The molecule has 0 radical (unpaired) electrons. The second-order valence-corrected chi connectivity index (χ2v) is 17.8. The van der Waals surface area contributed by atoms with Gasteiger partial charge in [0.2, 0.25) is 0 Å². The minimum Gasteiger partial charge on any atom is -0.0688 e. The average Bonchev–Trinajstić information content (AvgIpc) is 2.70. The van der Waals surface area contributed by atoms with Gasteiger partial charge >= 0.3 is 0 Å². The first kappa shape index (κ1) is 11.1. The Labute approximate surface area is 95.7 Å². The normalized spacial score (nSPS) is 18.5. The summed E-state index contributed by atoms with van der Waals surface area (Å²) in [5.74, 6) is 0. The molecule has 0 saturated carbocycles. The predicted molar refractivity (Wildman–Crippen MR) is 73.9 cm³/mol. The summed E-state index contributed by atoms with van der Waals surface area (Å²) in [4.78, 5) is 0. The molecule has 0 amide bonds. The molecule has 0 aromatic heterocycles. The van der Waals surface area contributed by atoms with Gasteiger partial charge in [-0.3, -0.25) is 0 Å². The van der Waals surface area contributed by atoms with E-state index >= 15 is 0 Å². The van der Waals surface area contributed by atoms with E-state index in [2.05, 4.69) is 63.5 Å². The Morgan fingerprint density at radius 3 is 1.33 bits per heavy atom. The van der Waals surface area contributed by atoms with Gasteiger partial charge in [0.15, 0.2) is 0 Å². The fraction of sp³-hybridized carbons (Fsp3) is 0.538. The van der Waals surface area contributed by atoms with Crippen molar-refractivity contribution in [2.75, 3.05) is 0 Å². The highest BCUT2D eigenvalue weighted by Gasteiger charge is 2.64. The summed E-state index contributed by atoms with van der Waals surface area (Å²) in [6.07, 6.45) is 0. The number of fused-ring (bicyclic) bond motifs is 1. The van der Waals surface area contributed by atoms with Gasteiger partial charge in [0.05, 0.1) is 16.1 Å². The summed E-state index contributed by atoms with van der Waals surface area (Å²) >= 11 is 0. The number of hydrogen-bond donors (Lipinski definition) is 0. The zero-order chi connectivity index (χ0) is 11.5. The van der Waals surface area contributed by atoms with Gasteiger partial charge in [-0.05, 0) is 11.1 Å². The van der Waals surface area contributed by atoms with E-state index in [-0.39, 0.29) is 0 Å². The van der Waals surface area contributed by atoms with Gasteiger partial charge in [-0.2, -0.15) is 0 Å². The van der Waals surface area contributed by atoms with Crippen LogP contribution < -0.4 is 0 Å². The van der Waals surface area contributed by atoms with E-state index in [1.54, 1.807) is 11.1 Å². The minimum absolute atomic E-state index is 0.559. The van der Waals surface area contributed by atoms with Gasteiger partial charge in [-0.15, -0.1) is 0 Å². The fourth-order valence-corrected chi connectivity index (χ4v) is 16.8. The lowest BCUT2D eigenvalue weighted by atomic mass is 10.4. The molecule has 1 aromatic rings. The summed E-state index contributed by atoms with van der Waals surface area (Å²) in [5, 5.41) is 0. The quantitative estimate of drug-likeness (QED) is 0.678. The first-order chi connectivity index (χ1) is 6.73. The highest BCUT2D eigenvalue weighted by molar-refractivity contribution is 7.01. The van der Waals surface area contributed by atoms with Gasteiger partial charge in [0.25, 0.3) is 0 Å². The van der Waals surface area contributed by atoms with Crippen LogP contribution in [-0.2, 0) is 4.66 Å². The molecule has 0 heterocycles. The lowest BCUT2D eigenvalue weighted by Crippen LogP contribution is -2.55. The number of benzene rings is 1. The molecule has 0 saturated heterocycles. The van der Waals surface area contributed by atoms with E-state index in [4.69, 9.17) is 0 Å². The Bertz CT molecular complexity index is 355. The van der Waals surface area contributed by atoms with Crippen LogP contribution in [-0.4, -0.2) is 16.1 Å². The molecule has 0 spiro atoms. The Kier molecular flexibility index (Phi) is 2.12. The van der Waals surface area contributed by atoms with Crippen LogP contribution in [0.1, 0.15) is 11.1 Å². The largest absolute Gasteiger partial charge is 0.0688 e. The summed E-state index contributed by atoms with van der Waals surface area (Å²) in [7, 11) is -2.30. The molecule has 0 unspecified atom stereocenters. The third-order valence-electron chi connectivity index (χ3n) is 3.92. The molecule has 0 atom stereocenters. The van der Waals surface area contributed by atoms with Crippen LogP contribution in [0.25, 0.3) is 0 Å². The minimum atomic E-state index is -1.15. The Morgan fingerprint density at radius 2 is 1.07 bits per heavy atom. The Morgan fingerprint density at radius 1 is 0.733 bits per heavy atom. The third kappa shape index (κ3) is 1.24. The van der Waals surface area contributed by atoms with Crippen molar-refractivity contribution in [2.24, 2.45) is 0 Å². The molecule has 0 aliphatic heterocycles. The van der Waals surface area contributed by atoms with Crippen molar-refractivity contribution in [1.29, 1.82) is 0 Å². The number of rotatable bonds is 2. The van der Waals surface area contributed by atoms with Crippen LogP contribution in [0.4, 0.5) is 0 Å². The molecule has 82 valence electrons. The summed E-state index contributed by atoms with van der Waals surface area (Å²) < 4.78 is 0.559. The lowest BCUT2D eigenvalue weighted by Gasteiger charge is -2.40. The van der Waals surface area contributed by atoms with Gasteiger partial charge in [-0.25, -0.2) is 0 Å². The van der Waals surface area contributed by atoms with Crippen LogP contribution in [0.2, 0.25) is 39.3 Å². The van der Waals surface area contributed by atoms with Crippen LogP contribution in [0.15, 0.2) is 24.3 Å². The van der Waals surface area contributed by atoms with E-state index < -0.39 is 16.1 Å². The van der Waals surface area contributed by atoms with Gasteiger partial charge < -0.3 is 0 Å². The van der Waals surface area contributed by atoms with Crippen molar-refractivity contribution in [3.8, 4) is 0 Å². The molecule has 0 fully saturated rings. The SMILES string of the molecule is C[Si](C)(C)C1([Si](C)(C)C)c2ccccc21. The second-order valence-electron chi connectivity index (χ2n) is 6.80. The van der Waals surface area contributed by atoms with Gasteiger partial charge in [-0.1, -0.05) is 63.5 Å². The predicted octanol–water partition coefficient (Wildman–Crippen LogP) is 4.04. The summed E-state index contributed by atoms with van der Waals surface area (Å²) in [6, 6.07) is 9.15. The first-order valence-corrected chi connectivity index (χ1v) is 12.8. The zero-order valence-corrected chi connectivity index (χ0v) is 12.8. The van der Waals surface area contributed by atoms with Crippen LogP contribution in [0.3, 0.4) is 0 Å².